The number of carbonyl (C=O) groups is 1. The fourth-order valence-corrected chi connectivity index (χ4v) is 3.97. The van der Waals surface area contributed by atoms with Gasteiger partial charge in [0.05, 0.1) is 6.42 Å². The molecule has 0 amide bonds. The summed E-state index contributed by atoms with van der Waals surface area (Å²) in [6.45, 7) is 1.53. The van der Waals surface area contributed by atoms with Crippen molar-refractivity contribution in [2.45, 2.75) is 32.2 Å². The Labute approximate surface area is 180 Å². The lowest BCUT2D eigenvalue weighted by atomic mass is 9.96. The molecule has 0 aliphatic carbocycles. The summed E-state index contributed by atoms with van der Waals surface area (Å²) in [5, 5.41) is 3.32. The fourth-order valence-electron chi connectivity index (χ4n) is 3.97. The quantitative estimate of drug-likeness (QED) is 0.556. The summed E-state index contributed by atoms with van der Waals surface area (Å²) in [6.07, 6.45) is 4.16. The molecule has 0 fully saturated rings. The van der Waals surface area contributed by atoms with Crippen LogP contribution < -0.4 is 16.1 Å². The normalized spacial score (nSPS) is 12.9. The van der Waals surface area contributed by atoms with Crippen LogP contribution in [-0.2, 0) is 29.0 Å². The van der Waals surface area contributed by atoms with E-state index in [0.29, 0.717) is 17.8 Å². The van der Waals surface area contributed by atoms with E-state index in [1.165, 1.54) is 22.9 Å². The van der Waals surface area contributed by atoms with Gasteiger partial charge in [-0.25, -0.2) is 9.37 Å². The van der Waals surface area contributed by atoms with Crippen LogP contribution in [0.1, 0.15) is 29.5 Å². The SMILES string of the molecule is NOC(=O)CCc1ccc(NCc2cccc3c2CCCN3c2ccccn2)cc1F. The molecule has 6 nitrogen and oxygen atoms in total. The molecular formula is C24H25FN4O2. The van der Waals surface area contributed by atoms with E-state index in [0.717, 1.165) is 25.2 Å². The third-order valence-corrected chi connectivity index (χ3v) is 5.54. The maximum Gasteiger partial charge on any atom is 0.324 e. The van der Waals surface area contributed by atoms with E-state index >= 15 is 0 Å². The van der Waals surface area contributed by atoms with Gasteiger partial charge < -0.3 is 15.1 Å². The van der Waals surface area contributed by atoms with E-state index in [4.69, 9.17) is 5.90 Å². The summed E-state index contributed by atoms with van der Waals surface area (Å²) in [4.78, 5) is 22.0. The van der Waals surface area contributed by atoms with E-state index in [1.807, 2.05) is 30.5 Å². The summed E-state index contributed by atoms with van der Waals surface area (Å²) in [5.41, 5.74) is 4.81. The molecule has 1 aliphatic heterocycles. The Morgan fingerprint density at radius 3 is 2.84 bits per heavy atom. The average Bonchev–Trinajstić information content (AvgIpc) is 2.82. The molecule has 2 heterocycles. The number of hydrogen-bond acceptors (Lipinski definition) is 6. The second-order valence-electron chi connectivity index (χ2n) is 7.51. The highest BCUT2D eigenvalue weighted by Crippen LogP contribution is 2.34. The van der Waals surface area contributed by atoms with Gasteiger partial charge in [0.2, 0.25) is 0 Å². The molecule has 1 aromatic heterocycles. The Balaban J connectivity index is 1.47. The van der Waals surface area contributed by atoms with Crippen LogP contribution in [-0.4, -0.2) is 17.5 Å². The number of nitrogens with zero attached hydrogens (tertiary/aromatic N) is 2. The van der Waals surface area contributed by atoms with Crippen LogP contribution in [0, 0.1) is 5.82 Å². The number of carbonyl (C=O) groups excluding carboxylic acids is 1. The number of fused-ring (bicyclic) bond motifs is 1. The molecule has 0 saturated carbocycles. The minimum Gasteiger partial charge on any atom is -0.381 e. The molecule has 0 unspecified atom stereocenters. The number of aryl methyl sites for hydroxylation is 1. The average molecular weight is 420 g/mol. The molecule has 3 aromatic rings. The van der Waals surface area contributed by atoms with E-state index in [-0.39, 0.29) is 18.7 Å². The number of anilines is 3. The van der Waals surface area contributed by atoms with Crippen LogP contribution in [0.2, 0.25) is 0 Å². The Hall–Kier alpha value is -3.45. The molecular weight excluding hydrogens is 395 g/mol. The number of nitrogens with one attached hydrogen (secondary N) is 1. The van der Waals surface area contributed by atoms with Crippen LogP contribution in [0.15, 0.2) is 60.8 Å². The lowest BCUT2D eigenvalue weighted by Crippen LogP contribution is -2.26. The maximum atomic E-state index is 14.4. The second-order valence-corrected chi connectivity index (χ2v) is 7.51. The van der Waals surface area contributed by atoms with Gasteiger partial charge >= 0.3 is 5.97 Å². The zero-order chi connectivity index (χ0) is 21.6. The molecule has 7 heteroatoms. The summed E-state index contributed by atoms with van der Waals surface area (Å²) in [5.74, 6) is 4.86. The first-order chi connectivity index (χ1) is 15.2. The third kappa shape index (κ3) is 4.83. The van der Waals surface area contributed by atoms with Gasteiger partial charge in [0, 0.05) is 30.7 Å². The van der Waals surface area contributed by atoms with Crippen molar-refractivity contribution in [1.29, 1.82) is 0 Å². The van der Waals surface area contributed by atoms with Crippen molar-refractivity contribution in [3.05, 3.63) is 83.3 Å². The Kier molecular flexibility index (Phi) is 6.43. The van der Waals surface area contributed by atoms with Crippen LogP contribution in [0.4, 0.5) is 21.6 Å². The van der Waals surface area contributed by atoms with Crippen molar-refractivity contribution >= 4 is 23.2 Å². The van der Waals surface area contributed by atoms with Crippen molar-refractivity contribution in [2.24, 2.45) is 5.90 Å². The van der Waals surface area contributed by atoms with E-state index in [9.17, 15) is 9.18 Å². The topological polar surface area (TPSA) is 80.5 Å². The predicted molar refractivity (Wildman–Crippen MR) is 118 cm³/mol. The summed E-state index contributed by atoms with van der Waals surface area (Å²) in [7, 11) is 0. The van der Waals surface area contributed by atoms with E-state index < -0.39 is 5.97 Å². The first-order valence-electron chi connectivity index (χ1n) is 10.4. The molecule has 4 rings (SSSR count). The number of pyridine rings is 1. The first kappa shape index (κ1) is 20.8. The molecule has 0 saturated heterocycles. The highest BCUT2D eigenvalue weighted by atomic mass is 19.1. The number of aromatic nitrogens is 1. The monoisotopic (exact) mass is 420 g/mol. The molecule has 1 aliphatic rings. The van der Waals surface area contributed by atoms with Gasteiger partial charge in [-0.1, -0.05) is 24.3 Å². The number of rotatable bonds is 7. The van der Waals surface area contributed by atoms with Crippen molar-refractivity contribution < 1.29 is 14.0 Å². The zero-order valence-electron chi connectivity index (χ0n) is 17.2. The maximum absolute atomic E-state index is 14.4. The minimum atomic E-state index is -0.560. The van der Waals surface area contributed by atoms with Crippen LogP contribution in [0.5, 0.6) is 0 Å². The van der Waals surface area contributed by atoms with Gasteiger partial charge in [-0.3, -0.25) is 4.79 Å². The van der Waals surface area contributed by atoms with E-state index in [2.05, 4.69) is 38.2 Å². The highest BCUT2D eigenvalue weighted by molar-refractivity contribution is 5.69. The number of nitrogens with two attached hydrogens (primary N) is 1. The zero-order valence-corrected chi connectivity index (χ0v) is 17.2. The second kappa shape index (κ2) is 9.57. The largest absolute Gasteiger partial charge is 0.381 e. The standard InChI is InChI=1S/C24H25FN4O2/c25-21-15-19(11-9-17(21)10-12-24(30)31-26)28-16-18-5-3-7-22-20(18)6-4-14-29(22)23-8-1-2-13-27-23/h1-3,5,7-9,11,13,15,28H,4,6,10,12,14,16,26H2. The summed E-state index contributed by atoms with van der Waals surface area (Å²) >= 11 is 0. The molecule has 2 aromatic carbocycles. The summed E-state index contributed by atoms with van der Waals surface area (Å²) in [6, 6.07) is 17.2. The van der Waals surface area contributed by atoms with Gasteiger partial charge in [-0.05, 0) is 66.3 Å². The summed E-state index contributed by atoms with van der Waals surface area (Å²) < 4.78 is 14.4. The molecule has 0 bridgehead atoms. The molecule has 0 spiro atoms. The van der Waals surface area contributed by atoms with E-state index in [1.54, 1.807) is 6.07 Å². The lowest BCUT2D eigenvalue weighted by Gasteiger charge is -2.31. The van der Waals surface area contributed by atoms with Gasteiger partial charge in [0.15, 0.2) is 0 Å². The Morgan fingerprint density at radius 2 is 2.06 bits per heavy atom. The Bertz CT molecular complexity index is 1060. The fraction of sp³-hybridized carbons (Fsp3) is 0.250. The molecule has 0 radical (unpaired) electrons. The van der Waals surface area contributed by atoms with Crippen molar-refractivity contribution in [3.63, 3.8) is 0 Å². The lowest BCUT2D eigenvalue weighted by molar-refractivity contribution is -0.144. The number of hydrogen-bond donors (Lipinski definition) is 2. The van der Waals surface area contributed by atoms with Crippen LogP contribution in [0.25, 0.3) is 0 Å². The third-order valence-electron chi connectivity index (χ3n) is 5.54. The van der Waals surface area contributed by atoms with Gasteiger partial charge in [-0.15, -0.1) is 0 Å². The number of halogens is 1. The van der Waals surface area contributed by atoms with Crippen molar-refractivity contribution in [3.8, 4) is 0 Å². The minimum absolute atomic E-state index is 0.0448. The highest BCUT2D eigenvalue weighted by Gasteiger charge is 2.21. The molecule has 31 heavy (non-hydrogen) atoms. The van der Waals surface area contributed by atoms with Gasteiger partial charge in [-0.2, -0.15) is 5.90 Å². The smallest absolute Gasteiger partial charge is 0.324 e. The molecule has 0 atom stereocenters. The first-order valence-corrected chi connectivity index (χ1v) is 10.4. The Morgan fingerprint density at radius 1 is 1.16 bits per heavy atom. The van der Waals surface area contributed by atoms with Crippen molar-refractivity contribution in [1.82, 2.24) is 4.98 Å². The van der Waals surface area contributed by atoms with Crippen LogP contribution >= 0.6 is 0 Å². The van der Waals surface area contributed by atoms with Crippen molar-refractivity contribution in [2.75, 3.05) is 16.8 Å². The van der Waals surface area contributed by atoms with Gasteiger partial charge in [0.1, 0.15) is 11.6 Å². The molecule has 3 N–H and O–H groups in total. The van der Waals surface area contributed by atoms with Crippen LogP contribution in [0.3, 0.4) is 0 Å². The van der Waals surface area contributed by atoms with Gasteiger partial charge in [0.25, 0.3) is 0 Å². The molecule has 160 valence electrons. The predicted octanol–water partition coefficient (Wildman–Crippen LogP) is 4.27. The number of benzene rings is 2.